The van der Waals surface area contributed by atoms with Crippen molar-refractivity contribution < 1.29 is 0 Å². The Kier molecular flexibility index (Phi) is 4.72. The lowest BCUT2D eigenvalue weighted by atomic mass is 10.0. The SMILES string of the molecule is Cl.N[C@H](CC1CC1)c1ccc(Cl)c(Cl)c1. The Balaban J connectivity index is 0.00000112. The number of hydrogen-bond acceptors (Lipinski definition) is 1. The monoisotopic (exact) mass is 265 g/mol. The zero-order valence-corrected chi connectivity index (χ0v) is 10.6. The van der Waals surface area contributed by atoms with Crippen molar-refractivity contribution in [2.45, 2.75) is 25.3 Å². The van der Waals surface area contributed by atoms with Crippen molar-refractivity contribution >= 4 is 35.6 Å². The third-order valence-corrected chi connectivity index (χ3v) is 3.40. The van der Waals surface area contributed by atoms with Crippen LogP contribution in [0.5, 0.6) is 0 Å². The third kappa shape index (κ3) is 3.53. The van der Waals surface area contributed by atoms with Gasteiger partial charge in [0.15, 0.2) is 0 Å². The van der Waals surface area contributed by atoms with Crippen LogP contribution in [0.1, 0.15) is 30.9 Å². The first kappa shape index (κ1) is 13.1. The first-order chi connectivity index (χ1) is 6.66. The minimum atomic E-state index is 0. The lowest BCUT2D eigenvalue weighted by molar-refractivity contribution is 0.597. The summed E-state index contributed by atoms with van der Waals surface area (Å²) in [6, 6.07) is 5.75. The van der Waals surface area contributed by atoms with E-state index < -0.39 is 0 Å². The van der Waals surface area contributed by atoms with Crippen molar-refractivity contribution in [1.82, 2.24) is 0 Å². The Morgan fingerprint density at radius 1 is 1.27 bits per heavy atom. The third-order valence-electron chi connectivity index (χ3n) is 2.66. The molecular formula is C11H14Cl3N. The summed E-state index contributed by atoms with van der Waals surface area (Å²) in [5.41, 5.74) is 7.14. The van der Waals surface area contributed by atoms with Crippen LogP contribution in [-0.4, -0.2) is 0 Å². The first-order valence-electron chi connectivity index (χ1n) is 4.87. The molecule has 1 fully saturated rings. The number of rotatable bonds is 3. The van der Waals surface area contributed by atoms with Gasteiger partial charge in [-0.15, -0.1) is 12.4 Å². The van der Waals surface area contributed by atoms with Crippen LogP contribution in [0.2, 0.25) is 10.0 Å². The molecule has 1 aliphatic carbocycles. The van der Waals surface area contributed by atoms with Crippen LogP contribution in [0.4, 0.5) is 0 Å². The van der Waals surface area contributed by atoms with Crippen molar-refractivity contribution in [2.24, 2.45) is 11.7 Å². The van der Waals surface area contributed by atoms with Gasteiger partial charge in [-0.1, -0.05) is 42.1 Å². The molecule has 0 bridgehead atoms. The highest BCUT2D eigenvalue weighted by Gasteiger charge is 2.24. The van der Waals surface area contributed by atoms with E-state index in [1.165, 1.54) is 12.8 Å². The molecule has 1 atom stereocenters. The molecule has 0 unspecified atom stereocenters. The van der Waals surface area contributed by atoms with Crippen LogP contribution >= 0.6 is 35.6 Å². The quantitative estimate of drug-likeness (QED) is 0.871. The summed E-state index contributed by atoms with van der Waals surface area (Å²) in [7, 11) is 0. The summed E-state index contributed by atoms with van der Waals surface area (Å²) in [6.45, 7) is 0. The second-order valence-electron chi connectivity index (χ2n) is 3.96. The van der Waals surface area contributed by atoms with Crippen LogP contribution in [0.15, 0.2) is 18.2 Å². The minimum Gasteiger partial charge on any atom is -0.324 e. The molecule has 4 heteroatoms. The predicted octanol–water partition coefficient (Wildman–Crippen LogP) is 4.22. The number of nitrogens with two attached hydrogens (primary N) is 1. The fraction of sp³-hybridized carbons (Fsp3) is 0.455. The molecule has 0 spiro atoms. The molecule has 0 aromatic heterocycles. The average molecular weight is 267 g/mol. The normalized spacial score (nSPS) is 17.0. The number of benzene rings is 1. The van der Waals surface area contributed by atoms with Crippen LogP contribution in [0, 0.1) is 5.92 Å². The van der Waals surface area contributed by atoms with Gasteiger partial charge in [0.2, 0.25) is 0 Å². The zero-order valence-electron chi connectivity index (χ0n) is 8.25. The maximum atomic E-state index is 6.05. The van der Waals surface area contributed by atoms with E-state index in [0.717, 1.165) is 17.9 Å². The first-order valence-corrected chi connectivity index (χ1v) is 5.63. The Morgan fingerprint density at radius 2 is 1.93 bits per heavy atom. The van der Waals surface area contributed by atoms with E-state index in [9.17, 15) is 0 Å². The van der Waals surface area contributed by atoms with E-state index in [-0.39, 0.29) is 18.4 Å². The van der Waals surface area contributed by atoms with E-state index in [1.807, 2.05) is 18.2 Å². The van der Waals surface area contributed by atoms with E-state index >= 15 is 0 Å². The fourth-order valence-electron chi connectivity index (χ4n) is 1.59. The molecule has 84 valence electrons. The molecule has 0 saturated heterocycles. The molecule has 1 nitrogen and oxygen atoms in total. The van der Waals surface area contributed by atoms with Gasteiger partial charge in [-0.25, -0.2) is 0 Å². The molecule has 1 aromatic rings. The molecule has 2 N–H and O–H groups in total. The van der Waals surface area contributed by atoms with Gasteiger partial charge in [0.25, 0.3) is 0 Å². The largest absolute Gasteiger partial charge is 0.324 e. The van der Waals surface area contributed by atoms with Gasteiger partial charge in [-0.3, -0.25) is 0 Å². The second-order valence-corrected chi connectivity index (χ2v) is 4.77. The molecule has 1 saturated carbocycles. The molecule has 0 heterocycles. The van der Waals surface area contributed by atoms with E-state index in [0.29, 0.717) is 10.0 Å². The summed E-state index contributed by atoms with van der Waals surface area (Å²) in [5, 5.41) is 1.18. The highest BCUT2D eigenvalue weighted by atomic mass is 35.5. The van der Waals surface area contributed by atoms with Gasteiger partial charge in [0.05, 0.1) is 10.0 Å². The van der Waals surface area contributed by atoms with Gasteiger partial charge in [0.1, 0.15) is 0 Å². The van der Waals surface area contributed by atoms with E-state index in [4.69, 9.17) is 28.9 Å². The highest BCUT2D eigenvalue weighted by Crippen LogP contribution is 2.37. The predicted molar refractivity (Wildman–Crippen MR) is 68.0 cm³/mol. The second kappa shape index (κ2) is 5.40. The molecule has 1 aromatic carbocycles. The van der Waals surface area contributed by atoms with Gasteiger partial charge in [-0.05, 0) is 30.0 Å². The maximum Gasteiger partial charge on any atom is 0.0595 e. The lowest BCUT2D eigenvalue weighted by Crippen LogP contribution is -2.10. The molecule has 0 radical (unpaired) electrons. The maximum absolute atomic E-state index is 6.05. The van der Waals surface area contributed by atoms with Crippen molar-refractivity contribution in [3.8, 4) is 0 Å². The van der Waals surface area contributed by atoms with Crippen molar-refractivity contribution in [1.29, 1.82) is 0 Å². The van der Waals surface area contributed by atoms with Gasteiger partial charge >= 0.3 is 0 Å². The van der Waals surface area contributed by atoms with Crippen molar-refractivity contribution in [3.63, 3.8) is 0 Å². The fourth-order valence-corrected chi connectivity index (χ4v) is 1.90. The summed E-state index contributed by atoms with van der Waals surface area (Å²) in [5.74, 6) is 0.833. The van der Waals surface area contributed by atoms with Crippen molar-refractivity contribution in [3.05, 3.63) is 33.8 Å². The summed E-state index contributed by atoms with van der Waals surface area (Å²) >= 11 is 11.8. The molecule has 15 heavy (non-hydrogen) atoms. The summed E-state index contributed by atoms with van der Waals surface area (Å²) in [4.78, 5) is 0. The molecule has 0 amide bonds. The Morgan fingerprint density at radius 3 is 2.47 bits per heavy atom. The topological polar surface area (TPSA) is 26.0 Å². The van der Waals surface area contributed by atoms with Crippen LogP contribution in [0.3, 0.4) is 0 Å². The lowest BCUT2D eigenvalue weighted by Gasteiger charge is -2.11. The van der Waals surface area contributed by atoms with E-state index in [1.54, 1.807) is 0 Å². The van der Waals surface area contributed by atoms with Gasteiger partial charge in [0, 0.05) is 6.04 Å². The Labute approximate surface area is 106 Å². The van der Waals surface area contributed by atoms with Gasteiger partial charge < -0.3 is 5.73 Å². The van der Waals surface area contributed by atoms with Gasteiger partial charge in [-0.2, -0.15) is 0 Å². The highest BCUT2D eigenvalue weighted by molar-refractivity contribution is 6.42. The van der Waals surface area contributed by atoms with Crippen LogP contribution in [-0.2, 0) is 0 Å². The molecule has 2 rings (SSSR count). The summed E-state index contributed by atoms with van der Waals surface area (Å²) in [6.07, 6.45) is 3.72. The molecule has 0 aliphatic heterocycles. The molecule has 1 aliphatic rings. The van der Waals surface area contributed by atoms with Crippen molar-refractivity contribution in [2.75, 3.05) is 0 Å². The zero-order chi connectivity index (χ0) is 10.1. The Bertz CT molecular complexity index is 337. The average Bonchev–Trinajstić information content (AvgIpc) is 2.93. The molecular weight excluding hydrogens is 252 g/mol. The van der Waals surface area contributed by atoms with Crippen LogP contribution in [0.25, 0.3) is 0 Å². The number of hydrogen-bond donors (Lipinski definition) is 1. The minimum absolute atomic E-state index is 0. The summed E-state index contributed by atoms with van der Waals surface area (Å²) < 4.78 is 0. The smallest absolute Gasteiger partial charge is 0.0595 e. The standard InChI is InChI=1S/C11H13Cl2N.ClH/c12-9-4-3-8(6-10(9)13)11(14)5-7-1-2-7;/h3-4,6-7,11H,1-2,5,14H2;1H/t11-;/m1./s1. The number of halogens is 3. The Hall–Kier alpha value is 0.0500. The van der Waals surface area contributed by atoms with E-state index in [2.05, 4.69) is 0 Å². The van der Waals surface area contributed by atoms with Crippen LogP contribution < -0.4 is 5.73 Å².